The van der Waals surface area contributed by atoms with Crippen LogP contribution in [0.15, 0.2) is 46.6 Å². The molecule has 0 bridgehead atoms. The molecule has 210 valence electrons. The molecule has 1 aliphatic rings. The Morgan fingerprint density at radius 3 is 1.98 bits per heavy atom. The molecule has 41 heavy (non-hydrogen) atoms. The number of imide groups is 1. The van der Waals surface area contributed by atoms with Gasteiger partial charge in [0.1, 0.15) is 0 Å². The van der Waals surface area contributed by atoms with Gasteiger partial charge in [-0.2, -0.15) is 5.26 Å². The Balaban J connectivity index is 1.56. The van der Waals surface area contributed by atoms with Gasteiger partial charge in [0.15, 0.2) is 11.7 Å². The van der Waals surface area contributed by atoms with Crippen LogP contribution < -0.4 is 0 Å². The first-order chi connectivity index (χ1) is 19.0. The fourth-order valence-electron chi connectivity index (χ4n) is 4.64. The molecule has 12 nitrogen and oxygen atoms in total. The summed E-state index contributed by atoms with van der Waals surface area (Å²) >= 11 is 0. The number of hydrogen-bond acceptors (Lipinski definition) is 8. The van der Waals surface area contributed by atoms with Crippen molar-refractivity contribution in [2.75, 3.05) is 0 Å². The average Bonchev–Trinajstić information content (AvgIpc) is 3.30. The molecule has 4 amide bonds. The Bertz CT molecular complexity index is 1750. The fraction of sp³-hybridized carbons (Fsp3) is 0.310. The van der Waals surface area contributed by atoms with Gasteiger partial charge in [0.2, 0.25) is 11.8 Å². The molecular weight excluding hydrogens is 530 g/mol. The Labute approximate surface area is 234 Å². The lowest BCUT2D eigenvalue weighted by molar-refractivity contribution is -0.119. The molecule has 0 spiro atoms. The van der Waals surface area contributed by atoms with Crippen LogP contribution in [0.5, 0.6) is 11.8 Å². The normalized spacial score (nSPS) is 14.4. The van der Waals surface area contributed by atoms with E-state index in [0.717, 1.165) is 11.0 Å². The number of aromatic hydroxyl groups is 2. The van der Waals surface area contributed by atoms with Gasteiger partial charge in [-0.25, -0.2) is 0 Å². The Hall–Kier alpha value is -5.18. The molecule has 0 saturated heterocycles. The third-order valence-electron chi connectivity index (χ3n) is 6.56. The van der Waals surface area contributed by atoms with Crippen molar-refractivity contribution in [1.82, 2.24) is 9.47 Å². The van der Waals surface area contributed by atoms with E-state index in [-0.39, 0.29) is 44.8 Å². The monoisotopic (exact) mass is 557 g/mol. The van der Waals surface area contributed by atoms with E-state index in [1.54, 1.807) is 47.6 Å². The number of benzene rings is 2. The molecule has 2 N–H and O–H groups in total. The summed E-state index contributed by atoms with van der Waals surface area (Å²) in [4.78, 5) is 64.9. The summed E-state index contributed by atoms with van der Waals surface area (Å²) in [5.74, 6) is -6.82. The number of fused-ring (bicyclic) bond motifs is 2. The minimum Gasteiger partial charge on any atom is -0.494 e. The molecular formula is C29H27N5O7. The molecule has 0 fully saturated rings. The van der Waals surface area contributed by atoms with Crippen LogP contribution in [0.4, 0.5) is 0 Å². The van der Waals surface area contributed by atoms with Gasteiger partial charge in [0.25, 0.3) is 23.6 Å². The second-order valence-corrected chi connectivity index (χ2v) is 11.6. The quantitative estimate of drug-likeness (QED) is 0.205. The number of Topliss-reactive ketones (excluding diaryl/α,β-unsaturated/α-hetero) is 1. The van der Waals surface area contributed by atoms with Gasteiger partial charge in [-0.15, -0.1) is 10.2 Å². The number of carbonyl (C=O) groups is 5. The minimum atomic E-state index is -1.96. The smallest absolute Gasteiger partial charge is 0.295 e. The summed E-state index contributed by atoms with van der Waals surface area (Å²) in [6, 6.07) is 9.22. The molecule has 0 unspecified atom stereocenters. The van der Waals surface area contributed by atoms with E-state index in [1.165, 1.54) is 34.9 Å². The van der Waals surface area contributed by atoms with Gasteiger partial charge < -0.3 is 10.2 Å². The van der Waals surface area contributed by atoms with Crippen LogP contribution in [0.1, 0.15) is 83.0 Å². The fourth-order valence-corrected chi connectivity index (χ4v) is 4.64. The van der Waals surface area contributed by atoms with Gasteiger partial charge in [0.05, 0.1) is 17.2 Å². The lowest BCUT2D eigenvalue weighted by Gasteiger charge is -2.29. The van der Waals surface area contributed by atoms with Crippen molar-refractivity contribution in [2.45, 2.75) is 52.6 Å². The average molecular weight is 558 g/mol. The number of hydrogen-bond donors (Lipinski definition) is 2. The number of nitrogens with zero attached hydrogens (tertiary/aromatic N) is 5. The molecule has 0 saturated carbocycles. The van der Waals surface area contributed by atoms with Gasteiger partial charge in [-0.05, 0) is 71.9 Å². The van der Waals surface area contributed by atoms with E-state index in [1.807, 2.05) is 0 Å². The number of nitriles is 1. The van der Waals surface area contributed by atoms with Gasteiger partial charge in [0, 0.05) is 33.0 Å². The van der Waals surface area contributed by atoms with E-state index in [4.69, 9.17) is 0 Å². The van der Waals surface area contributed by atoms with E-state index in [2.05, 4.69) is 10.2 Å². The maximum Gasteiger partial charge on any atom is 0.295 e. The van der Waals surface area contributed by atoms with Gasteiger partial charge in [-0.3, -0.25) is 33.4 Å². The molecule has 1 aliphatic heterocycles. The van der Waals surface area contributed by atoms with E-state index in [0.29, 0.717) is 0 Å². The predicted octanol–water partition coefficient (Wildman–Crippen LogP) is 4.34. The molecule has 0 radical (unpaired) electrons. The topological polar surface area (TPSA) is 182 Å². The van der Waals surface area contributed by atoms with Crippen LogP contribution in [0.25, 0.3) is 10.8 Å². The van der Waals surface area contributed by atoms with E-state index in [9.17, 15) is 39.4 Å². The van der Waals surface area contributed by atoms with Crippen LogP contribution in [-0.2, 0) is 10.3 Å². The number of aromatic nitrogens is 1. The minimum absolute atomic E-state index is 0.0262. The number of amides is 4. The van der Waals surface area contributed by atoms with Crippen molar-refractivity contribution < 1.29 is 34.2 Å². The zero-order valence-electron chi connectivity index (χ0n) is 23.2. The molecule has 4 rings (SSSR count). The zero-order chi connectivity index (χ0) is 30.6. The first-order valence-corrected chi connectivity index (χ1v) is 12.5. The lowest BCUT2D eigenvalue weighted by atomic mass is 9.95. The number of azo groups is 1. The van der Waals surface area contributed by atoms with Crippen LogP contribution in [-0.4, -0.2) is 54.6 Å². The highest BCUT2D eigenvalue weighted by Gasteiger charge is 2.42. The van der Waals surface area contributed by atoms with Crippen LogP contribution in [0.2, 0.25) is 0 Å². The number of rotatable bonds is 4. The maximum absolute atomic E-state index is 13.0. The van der Waals surface area contributed by atoms with E-state index >= 15 is 0 Å². The highest BCUT2D eigenvalue weighted by molar-refractivity contribution is 6.23. The molecule has 3 aromatic rings. The Kier molecular flexibility index (Phi) is 6.87. The summed E-state index contributed by atoms with van der Waals surface area (Å²) in [5.41, 5.74) is -1.64. The molecule has 2 heterocycles. The highest BCUT2D eigenvalue weighted by Crippen LogP contribution is 2.41. The molecule has 0 aliphatic carbocycles. The van der Waals surface area contributed by atoms with Crippen molar-refractivity contribution in [3.8, 4) is 17.8 Å². The molecule has 1 aromatic heterocycles. The largest absolute Gasteiger partial charge is 0.494 e. The van der Waals surface area contributed by atoms with Crippen molar-refractivity contribution >= 4 is 40.2 Å². The second kappa shape index (κ2) is 9.78. The summed E-state index contributed by atoms with van der Waals surface area (Å²) in [6.07, 6.45) is 0. The first kappa shape index (κ1) is 28.8. The van der Waals surface area contributed by atoms with E-state index < -0.39 is 46.4 Å². The molecule has 12 heteroatoms. The van der Waals surface area contributed by atoms with Crippen molar-refractivity contribution in [2.24, 2.45) is 16.1 Å². The summed E-state index contributed by atoms with van der Waals surface area (Å²) in [5, 5.41) is 37.7. The predicted molar refractivity (Wildman–Crippen MR) is 145 cm³/mol. The van der Waals surface area contributed by atoms with Crippen LogP contribution in [0.3, 0.4) is 0 Å². The number of ketones is 1. The molecule has 2 aromatic carbocycles. The summed E-state index contributed by atoms with van der Waals surface area (Å²) in [6.45, 7) is 10.4. The third-order valence-corrected chi connectivity index (χ3v) is 6.56. The standard InChI is InChI=1S/C29H27N5O7/c1-28(2,3)33-24(38)16-9-7-14(11-18(16)26(33)40)21(35)20(13-30)23(37)32-31-22(36)15-8-10-17-19(12-15)27(41)34(25(17)39)29(4,5)6/h7-12,20,39,41H,1-6H3/t20-/m1/s1. The van der Waals surface area contributed by atoms with Crippen molar-refractivity contribution in [3.05, 3.63) is 58.7 Å². The summed E-state index contributed by atoms with van der Waals surface area (Å²) < 4.78 is 1.29. The van der Waals surface area contributed by atoms with Gasteiger partial charge in [-0.1, -0.05) is 6.07 Å². The van der Waals surface area contributed by atoms with Crippen LogP contribution >= 0.6 is 0 Å². The van der Waals surface area contributed by atoms with Crippen molar-refractivity contribution in [3.63, 3.8) is 0 Å². The Morgan fingerprint density at radius 1 is 0.805 bits per heavy atom. The van der Waals surface area contributed by atoms with Gasteiger partial charge >= 0.3 is 0 Å². The van der Waals surface area contributed by atoms with Crippen molar-refractivity contribution in [1.29, 1.82) is 5.26 Å². The number of carbonyl (C=O) groups excluding carboxylic acids is 5. The lowest BCUT2D eigenvalue weighted by Crippen LogP contribution is -2.45. The first-order valence-electron chi connectivity index (χ1n) is 12.5. The SMILES string of the molecule is CC(C)(C)N1C(=O)c2ccc(C(=O)[C@@H](C#N)C(=O)N=NC(=O)c3ccc4c(O)n(C(C)(C)C)c(O)c4c3)cc2C1=O. The second-order valence-electron chi connectivity index (χ2n) is 11.6. The maximum atomic E-state index is 13.0. The summed E-state index contributed by atoms with van der Waals surface area (Å²) in [7, 11) is 0. The highest BCUT2D eigenvalue weighted by atomic mass is 16.3. The molecule has 1 atom stereocenters. The zero-order valence-corrected chi connectivity index (χ0v) is 23.2. The Morgan fingerprint density at radius 2 is 1.39 bits per heavy atom. The van der Waals surface area contributed by atoms with Crippen LogP contribution in [0, 0.1) is 17.2 Å². The third kappa shape index (κ3) is 4.86.